The van der Waals surface area contributed by atoms with Crippen LogP contribution in [0.15, 0.2) is 64.4 Å². The summed E-state index contributed by atoms with van der Waals surface area (Å²) in [6, 6.07) is 14.6. The van der Waals surface area contributed by atoms with Gasteiger partial charge in [-0.2, -0.15) is 4.31 Å². The molecule has 9 heteroatoms. The molecule has 0 spiro atoms. The Kier molecular flexibility index (Phi) is 6.69. The summed E-state index contributed by atoms with van der Waals surface area (Å²) in [4.78, 5) is 13.2. The van der Waals surface area contributed by atoms with E-state index in [1.165, 1.54) is 4.31 Å². The Balaban J connectivity index is 1.34. The van der Waals surface area contributed by atoms with Gasteiger partial charge >= 0.3 is 0 Å². The molecule has 2 fully saturated rings. The predicted molar refractivity (Wildman–Crippen MR) is 122 cm³/mol. The molecule has 2 aromatic carbocycles. The number of sulfonamides is 1. The third-order valence-electron chi connectivity index (χ3n) is 6.40. The molecule has 1 saturated carbocycles. The van der Waals surface area contributed by atoms with E-state index in [1.807, 2.05) is 0 Å². The summed E-state index contributed by atoms with van der Waals surface area (Å²) in [5.41, 5.74) is 0.541. The largest absolute Gasteiger partial charge is 0.326 e. The number of hydrogen-bond acceptors (Lipinski definition) is 5. The first-order valence-electron chi connectivity index (χ1n) is 11.0. The monoisotopic (exact) mass is 476 g/mol. The van der Waals surface area contributed by atoms with Crippen LogP contribution < -0.4 is 5.32 Å². The van der Waals surface area contributed by atoms with Crippen LogP contribution >= 0.6 is 0 Å². The number of amides is 1. The second-order valence-electron chi connectivity index (χ2n) is 8.46. The van der Waals surface area contributed by atoms with Crippen molar-refractivity contribution in [2.75, 3.05) is 18.4 Å². The summed E-state index contributed by atoms with van der Waals surface area (Å²) in [7, 11) is -6.87. The maximum Gasteiger partial charge on any atom is 0.243 e. The van der Waals surface area contributed by atoms with Crippen molar-refractivity contribution in [1.29, 1.82) is 0 Å². The molecule has 1 saturated heterocycles. The van der Waals surface area contributed by atoms with Crippen molar-refractivity contribution < 1.29 is 21.6 Å². The van der Waals surface area contributed by atoms with Crippen LogP contribution in [0.4, 0.5) is 5.69 Å². The topological polar surface area (TPSA) is 101 Å². The number of rotatable bonds is 6. The van der Waals surface area contributed by atoms with Crippen LogP contribution in [0.5, 0.6) is 0 Å². The Bertz CT molecular complexity index is 1150. The molecule has 1 aliphatic carbocycles. The van der Waals surface area contributed by atoms with E-state index in [-0.39, 0.29) is 35.1 Å². The fourth-order valence-electron chi connectivity index (χ4n) is 4.46. The number of piperidine rings is 1. The third kappa shape index (κ3) is 4.74. The molecule has 0 bridgehead atoms. The van der Waals surface area contributed by atoms with Gasteiger partial charge in [0.25, 0.3) is 0 Å². The van der Waals surface area contributed by atoms with Gasteiger partial charge in [0.15, 0.2) is 9.84 Å². The van der Waals surface area contributed by atoms with Crippen LogP contribution in [0.25, 0.3) is 0 Å². The van der Waals surface area contributed by atoms with Gasteiger partial charge in [0, 0.05) is 24.7 Å². The van der Waals surface area contributed by atoms with Crippen LogP contribution in [-0.2, 0) is 24.7 Å². The Morgan fingerprint density at radius 3 is 1.97 bits per heavy atom. The molecule has 0 unspecified atom stereocenters. The molecule has 2 aromatic rings. The molecule has 1 aliphatic heterocycles. The minimum absolute atomic E-state index is 0.173. The van der Waals surface area contributed by atoms with E-state index in [9.17, 15) is 21.6 Å². The number of hydrogen-bond donors (Lipinski definition) is 1. The Labute approximate surface area is 189 Å². The number of anilines is 1. The van der Waals surface area contributed by atoms with E-state index >= 15 is 0 Å². The standard InChI is InChI=1S/C23H28N2O5S2/c26-23(18-14-16-25(17-15-18)32(29,30)22-8-2-1-3-9-22)24-19-10-12-21(13-11-19)31(27,28)20-6-4-5-7-20/h1-3,8-13,18,20H,4-7,14-17H2,(H,24,26). The van der Waals surface area contributed by atoms with Crippen molar-refractivity contribution in [2.24, 2.45) is 5.92 Å². The number of carbonyl (C=O) groups excluding carboxylic acids is 1. The second-order valence-corrected chi connectivity index (χ2v) is 12.6. The van der Waals surface area contributed by atoms with Gasteiger partial charge in [-0.1, -0.05) is 31.0 Å². The Hall–Kier alpha value is -2.23. The summed E-state index contributed by atoms with van der Waals surface area (Å²) < 4.78 is 52.3. The molecule has 0 radical (unpaired) electrons. The van der Waals surface area contributed by atoms with E-state index in [0.29, 0.717) is 36.3 Å². The van der Waals surface area contributed by atoms with Gasteiger partial charge in [0.2, 0.25) is 15.9 Å². The van der Waals surface area contributed by atoms with Gasteiger partial charge < -0.3 is 5.32 Å². The highest BCUT2D eigenvalue weighted by Gasteiger charge is 2.32. The molecule has 1 heterocycles. The lowest BCUT2D eigenvalue weighted by atomic mass is 9.97. The quantitative estimate of drug-likeness (QED) is 0.688. The molecule has 0 aromatic heterocycles. The lowest BCUT2D eigenvalue weighted by Crippen LogP contribution is -2.41. The predicted octanol–water partition coefficient (Wildman–Crippen LogP) is 3.44. The molecule has 2 aliphatic rings. The third-order valence-corrected chi connectivity index (χ3v) is 10.6. The summed E-state index contributed by atoms with van der Waals surface area (Å²) in [6.07, 6.45) is 4.18. The van der Waals surface area contributed by atoms with Crippen LogP contribution in [0.3, 0.4) is 0 Å². The molecule has 4 rings (SSSR count). The Morgan fingerprint density at radius 2 is 1.38 bits per heavy atom. The van der Waals surface area contributed by atoms with Crippen molar-refractivity contribution in [3.63, 3.8) is 0 Å². The second kappa shape index (κ2) is 9.33. The zero-order valence-electron chi connectivity index (χ0n) is 17.8. The van der Waals surface area contributed by atoms with Crippen LogP contribution in [0.1, 0.15) is 38.5 Å². The van der Waals surface area contributed by atoms with Gasteiger partial charge in [-0.3, -0.25) is 4.79 Å². The SMILES string of the molecule is O=C(Nc1ccc(S(=O)(=O)C2CCCC2)cc1)C1CCN(S(=O)(=O)c2ccccc2)CC1. The van der Waals surface area contributed by atoms with Gasteiger partial charge in [-0.15, -0.1) is 0 Å². The van der Waals surface area contributed by atoms with Crippen molar-refractivity contribution in [2.45, 2.75) is 53.6 Å². The lowest BCUT2D eigenvalue weighted by Gasteiger charge is -2.30. The highest BCUT2D eigenvalue weighted by atomic mass is 32.2. The van der Waals surface area contributed by atoms with Gasteiger partial charge in [0.05, 0.1) is 15.0 Å². The average molecular weight is 477 g/mol. The summed E-state index contributed by atoms with van der Waals surface area (Å²) in [6.45, 7) is 0.571. The number of sulfone groups is 1. The zero-order chi connectivity index (χ0) is 22.8. The molecule has 1 N–H and O–H groups in total. The first-order valence-corrected chi connectivity index (χ1v) is 14.0. The van der Waals surface area contributed by atoms with Crippen molar-refractivity contribution in [3.05, 3.63) is 54.6 Å². The lowest BCUT2D eigenvalue weighted by molar-refractivity contribution is -0.120. The van der Waals surface area contributed by atoms with Crippen molar-refractivity contribution in [1.82, 2.24) is 4.31 Å². The van der Waals surface area contributed by atoms with Crippen molar-refractivity contribution >= 4 is 31.5 Å². The highest BCUT2D eigenvalue weighted by molar-refractivity contribution is 7.92. The highest BCUT2D eigenvalue weighted by Crippen LogP contribution is 2.30. The number of nitrogens with one attached hydrogen (secondary N) is 1. The van der Waals surface area contributed by atoms with Gasteiger partial charge in [0.1, 0.15) is 0 Å². The average Bonchev–Trinajstić information content (AvgIpc) is 3.36. The fraction of sp³-hybridized carbons (Fsp3) is 0.435. The number of nitrogens with zero attached hydrogens (tertiary/aromatic N) is 1. The minimum Gasteiger partial charge on any atom is -0.326 e. The summed E-state index contributed by atoms with van der Waals surface area (Å²) >= 11 is 0. The van der Waals surface area contributed by atoms with E-state index in [4.69, 9.17) is 0 Å². The molecular formula is C23H28N2O5S2. The van der Waals surface area contributed by atoms with Crippen molar-refractivity contribution in [3.8, 4) is 0 Å². The van der Waals surface area contributed by atoms with Crippen LogP contribution in [0.2, 0.25) is 0 Å². The molecule has 1 amide bonds. The molecule has 172 valence electrons. The first-order chi connectivity index (χ1) is 15.3. The first kappa shape index (κ1) is 22.9. The van der Waals surface area contributed by atoms with Crippen LogP contribution in [0, 0.1) is 5.92 Å². The Morgan fingerprint density at radius 1 is 0.781 bits per heavy atom. The smallest absolute Gasteiger partial charge is 0.243 e. The molecular weight excluding hydrogens is 448 g/mol. The van der Waals surface area contributed by atoms with Gasteiger partial charge in [-0.05, 0) is 62.1 Å². The summed E-state index contributed by atoms with van der Waals surface area (Å²) in [5, 5.41) is 2.54. The molecule has 32 heavy (non-hydrogen) atoms. The minimum atomic E-state index is -3.55. The zero-order valence-corrected chi connectivity index (χ0v) is 19.4. The summed E-state index contributed by atoms with van der Waals surface area (Å²) in [5.74, 6) is -0.465. The fourth-order valence-corrected chi connectivity index (χ4v) is 7.81. The van der Waals surface area contributed by atoms with E-state index in [2.05, 4.69) is 5.32 Å². The van der Waals surface area contributed by atoms with E-state index in [1.54, 1.807) is 54.6 Å². The normalized spacial score (nSPS) is 19.1. The van der Waals surface area contributed by atoms with E-state index < -0.39 is 19.9 Å². The number of carbonyl (C=O) groups is 1. The van der Waals surface area contributed by atoms with E-state index in [0.717, 1.165) is 12.8 Å². The molecule has 7 nitrogen and oxygen atoms in total. The maximum absolute atomic E-state index is 12.7. The maximum atomic E-state index is 12.7. The molecule has 0 atom stereocenters. The van der Waals surface area contributed by atoms with Gasteiger partial charge in [-0.25, -0.2) is 16.8 Å². The van der Waals surface area contributed by atoms with Crippen LogP contribution in [-0.4, -0.2) is 45.4 Å². The number of benzene rings is 2.